The summed E-state index contributed by atoms with van der Waals surface area (Å²) in [5, 5.41) is 6.59. The maximum Gasteiger partial charge on any atom is 0.191 e. The Hall–Kier alpha value is -1.22. The van der Waals surface area contributed by atoms with Crippen molar-refractivity contribution in [1.29, 1.82) is 0 Å². The molecule has 0 saturated heterocycles. The van der Waals surface area contributed by atoms with Gasteiger partial charge in [-0.1, -0.05) is 12.1 Å². The van der Waals surface area contributed by atoms with Crippen molar-refractivity contribution in [2.75, 3.05) is 25.1 Å². The molecule has 0 aliphatic rings. The first-order chi connectivity index (χ1) is 11.3. The van der Waals surface area contributed by atoms with Crippen molar-refractivity contribution in [3.63, 3.8) is 0 Å². The number of rotatable bonds is 8. The summed E-state index contributed by atoms with van der Waals surface area (Å²) in [7, 11) is 0. The molecule has 0 aliphatic carbocycles. The minimum atomic E-state index is -0.229. The first-order valence-corrected chi connectivity index (χ1v) is 8.95. The molecule has 1 aromatic heterocycles. The minimum absolute atomic E-state index is 0. The van der Waals surface area contributed by atoms with Gasteiger partial charge in [0.1, 0.15) is 11.6 Å². The fourth-order valence-electron chi connectivity index (χ4n) is 1.96. The number of thioether (sulfide) groups is 1. The Bertz CT molecular complexity index is 590. The van der Waals surface area contributed by atoms with Crippen LogP contribution in [-0.2, 0) is 13.0 Å². The molecule has 0 amide bonds. The molecule has 0 atom stereocenters. The molecule has 0 spiro atoms. The summed E-state index contributed by atoms with van der Waals surface area (Å²) >= 11 is 1.78. The van der Waals surface area contributed by atoms with Gasteiger partial charge in [0, 0.05) is 25.3 Å². The molecule has 1 heterocycles. The van der Waals surface area contributed by atoms with Crippen molar-refractivity contribution < 1.29 is 8.81 Å². The van der Waals surface area contributed by atoms with Crippen LogP contribution in [0.2, 0.25) is 0 Å². The fraction of sp³-hybridized carbons (Fsp3) is 0.353. The van der Waals surface area contributed by atoms with Crippen LogP contribution in [0.3, 0.4) is 0 Å². The molecule has 0 radical (unpaired) electrons. The lowest BCUT2D eigenvalue weighted by Gasteiger charge is -2.12. The third-order valence-electron chi connectivity index (χ3n) is 3.18. The lowest BCUT2D eigenvalue weighted by molar-refractivity contribution is 0.507. The molecule has 132 valence electrons. The smallest absolute Gasteiger partial charge is 0.191 e. The molecule has 0 fully saturated rings. The van der Waals surface area contributed by atoms with Gasteiger partial charge in [0.05, 0.1) is 12.8 Å². The second kappa shape index (κ2) is 12.2. The second-order valence-electron chi connectivity index (χ2n) is 4.97. The van der Waals surface area contributed by atoms with Crippen molar-refractivity contribution in [2.45, 2.75) is 13.0 Å². The van der Waals surface area contributed by atoms with Crippen molar-refractivity contribution in [3.8, 4) is 0 Å². The zero-order valence-electron chi connectivity index (χ0n) is 13.6. The van der Waals surface area contributed by atoms with Crippen molar-refractivity contribution in [1.82, 2.24) is 10.6 Å². The molecular formula is C17H23FIN3OS. The summed E-state index contributed by atoms with van der Waals surface area (Å²) in [6.07, 6.45) is 4.55. The summed E-state index contributed by atoms with van der Waals surface area (Å²) in [5.74, 6) is 2.48. The summed E-state index contributed by atoms with van der Waals surface area (Å²) in [6.45, 7) is 2.09. The van der Waals surface area contributed by atoms with Gasteiger partial charge in [-0.3, -0.25) is 0 Å². The maximum absolute atomic E-state index is 12.9. The number of hydrogen-bond donors (Lipinski definition) is 2. The number of furan rings is 1. The van der Waals surface area contributed by atoms with E-state index in [0.29, 0.717) is 6.54 Å². The van der Waals surface area contributed by atoms with E-state index in [4.69, 9.17) is 4.42 Å². The van der Waals surface area contributed by atoms with E-state index in [2.05, 4.69) is 21.9 Å². The van der Waals surface area contributed by atoms with Crippen LogP contribution >= 0.6 is 35.7 Å². The van der Waals surface area contributed by atoms with Crippen LogP contribution in [0, 0.1) is 5.82 Å². The number of guanidine groups is 1. The van der Waals surface area contributed by atoms with Crippen LogP contribution < -0.4 is 10.6 Å². The Kier molecular flexibility index (Phi) is 10.6. The average Bonchev–Trinajstić information content (AvgIpc) is 3.07. The van der Waals surface area contributed by atoms with E-state index in [1.54, 1.807) is 30.2 Å². The topological polar surface area (TPSA) is 49.6 Å². The van der Waals surface area contributed by atoms with Gasteiger partial charge in [0.25, 0.3) is 0 Å². The second-order valence-corrected chi connectivity index (χ2v) is 5.95. The molecule has 0 unspecified atom stereocenters. The molecule has 0 bridgehead atoms. The Balaban J connectivity index is 0.00000288. The highest BCUT2D eigenvalue weighted by Crippen LogP contribution is 2.04. The van der Waals surface area contributed by atoms with Gasteiger partial charge >= 0.3 is 0 Å². The van der Waals surface area contributed by atoms with Crippen LogP contribution in [-0.4, -0.2) is 31.1 Å². The van der Waals surface area contributed by atoms with E-state index in [0.717, 1.165) is 42.5 Å². The SMILES string of the molecule is CSCCNC(=NCc1ccc(F)cc1)NCCc1ccco1.I. The van der Waals surface area contributed by atoms with Gasteiger partial charge in [0.15, 0.2) is 5.96 Å². The summed E-state index contributed by atoms with van der Waals surface area (Å²) < 4.78 is 18.2. The Labute approximate surface area is 163 Å². The zero-order valence-corrected chi connectivity index (χ0v) is 16.8. The maximum atomic E-state index is 12.9. The highest BCUT2D eigenvalue weighted by Gasteiger charge is 2.01. The third-order valence-corrected chi connectivity index (χ3v) is 3.79. The molecule has 0 saturated carbocycles. The van der Waals surface area contributed by atoms with Gasteiger partial charge < -0.3 is 15.1 Å². The monoisotopic (exact) mass is 463 g/mol. The molecular weight excluding hydrogens is 440 g/mol. The molecule has 2 rings (SSSR count). The van der Waals surface area contributed by atoms with E-state index in [9.17, 15) is 4.39 Å². The molecule has 2 aromatic rings. The van der Waals surface area contributed by atoms with Gasteiger partial charge in [-0.05, 0) is 36.1 Å². The van der Waals surface area contributed by atoms with Crippen LogP contribution in [0.5, 0.6) is 0 Å². The molecule has 4 nitrogen and oxygen atoms in total. The lowest BCUT2D eigenvalue weighted by atomic mass is 10.2. The fourth-order valence-corrected chi connectivity index (χ4v) is 2.27. The first-order valence-electron chi connectivity index (χ1n) is 7.56. The van der Waals surface area contributed by atoms with Gasteiger partial charge in [-0.25, -0.2) is 9.38 Å². The quantitative estimate of drug-likeness (QED) is 0.272. The molecule has 0 aliphatic heterocycles. The van der Waals surface area contributed by atoms with Crippen molar-refractivity contribution in [3.05, 3.63) is 59.8 Å². The van der Waals surface area contributed by atoms with Crippen molar-refractivity contribution >= 4 is 41.7 Å². The predicted octanol–water partition coefficient (Wildman–Crippen LogP) is 3.68. The summed E-state index contributed by atoms with van der Waals surface area (Å²) in [4.78, 5) is 4.55. The Morgan fingerprint density at radius 3 is 2.58 bits per heavy atom. The summed E-state index contributed by atoms with van der Waals surface area (Å²) in [6, 6.07) is 10.3. The van der Waals surface area contributed by atoms with E-state index in [-0.39, 0.29) is 29.8 Å². The Morgan fingerprint density at radius 2 is 1.92 bits per heavy atom. The molecule has 1 aromatic carbocycles. The first kappa shape index (κ1) is 20.8. The van der Waals surface area contributed by atoms with Crippen molar-refractivity contribution in [2.24, 2.45) is 4.99 Å². The summed E-state index contributed by atoms with van der Waals surface area (Å²) in [5.41, 5.74) is 0.975. The highest BCUT2D eigenvalue weighted by atomic mass is 127. The largest absolute Gasteiger partial charge is 0.469 e. The number of aliphatic imine (C=N–C) groups is 1. The molecule has 7 heteroatoms. The van der Waals surface area contributed by atoms with E-state index >= 15 is 0 Å². The van der Waals surface area contributed by atoms with Crippen LogP contribution in [0.4, 0.5) is 4.39 Å². The van der Waals surface area contributed by atoms with Crippen LogP contribution in [0.1, 0.15) is 11.3 Å². The number of hydrogen-bond acceptors (Lipinski definition) is 3. The Morgan fingerprint density at radius 1 is 1.17 bits per heavy atom. The molecule has 2 N–H and O–H groups in total. The standard InChI is InChI=1S/C17H22FN3OS.HI/c1-23-12-10-20-17(19-9-8-16-3-2-11-22-16)21-13-14-4-6-15(18)7-5-14;/h2-7,11H,8-10,12-13H2,1H3,(H2,19,20,21);1H. The number of halogens is 2. The van der Waals surface area contributed by atoms with Gasteiger partial charge in [-0.15, -0.1) is 24.0 Å². The van der Waals surface area contributed by atoms with Gasteiger partial charge in [0.2, 0.25) is 0 Å². The van der Waals surface area contributed by atoms with E-state index in [1.165, 1.54) is 12.1 Å². The van der Waals surface area contributed by atoms with Crippen LogP contribution in [0.25, 0.3) is 0 Å². The average molecular weight is 463 g/mol. The number of nitrogens with zero attached hydrogens (tertiary/aromatic N) is 1. The minimum Gasteiger partial charge on any atom is -0.469 e. The van der Waals surface area contributed by atoms with Gasteiger partial charge in [-0.2, -0.15) is 11.8 Å². The normalized spacial score (nSPS) is 11.0. The third kappa shape index (κ3) is 8.05. The number of nitrogens with one attached hydrogen (secondary N) is 2. The van der Waals surface area contributed by atoms with E-state index < -0.39 is 0 Å². The van der Waals surface area contributed by atoms with Crippen LogP contribution in [0.15, 0.2) is 52.1 Å². The van der Waals surface area contributed by atoms with E-state index in [1.807, 2.05) is 12.1 Å². The number of benzene rings is 1. The zero-order chi connectivity index (χ0) is 16.3. The lowest BCUT2D eigenvalue weighted by Crippen LogP contribution is -2.39. The molecule has 24 heavy (non-hydrogen) atoms. The highest BCUT2D eigenvalue weighted by molar-refractivity contribution is 14.0. The predicted molar refractivity (Wildman–Crippen MR) is 110 cm³/mol.